The number of likely N-dealkylation sites (tertiary alicyclic amines) is 1. The van der Waals surface area contributed by atoms with Gasteiger partial charge in [-0.2, -0.15) is 0 Å². The maximum Gasteiger partial charge on any atom is 0.227 e. The lowest BCUT2D eigenvalue weighted by atomic mass is 9.97. The van der Waals surface area contributed by atoms with Crippen LogP contribution in [0.2, 0.25) is 0 Å². The molecule has 0 bridgehead atoms. The van der Waals surface area contributed by atoms with Gasteiger partial charge >= 0.3 is 0 Å². The summed E-state index contributed by atoms with van der Waals surface area (Å²) in [4.78, 5) is 25.9. The molecule has 1 fully saturated rings. The van der Waals surface area contributed by atoms with Crippen LogP contribution in [0.4, 0.5) is 5.69 Å². The molecule has 6 heteroatoms. The summed E-state index contributed by atoms with van der Waals surface area (Å²) in [5.41, 5.74) is 9.63. The number of nitrogens with zero attached hydrogens (tertiary/aromatic N) is 1. The number of anilines is 1. The molecule has 1 aliphatic heterocycles. The second kappa shape index (κ2) is 10.3. The molecule has 0 spiro atoms. The maximum atomic E-state index is 12.2. The van der Waals surface area contributed by atoms with E-state index in [1.807, 2.05) is 50.2 Å². The van der Waals surface area contributed by atoms with Crippen LogP contribution in [0.5, 0.6) is 5.75 Å². The molecule has 160 valence electrons. The number of ether oxygens (including phenoxy) is 1. The summed E-state index contributed by atoms with van der Waals surface area (Å²) in [6.07, 6.45) is 2.16. The zero-order valence-electron chi connectivity index (χ0n) is 17.8. The smallest absolute Gasteiger partial charge is 0.227 e. The monoisotopic (exact) mass is 409 g/mol. The molecular formula is C24H31N3O3. The highest BCUT2D eigenvalue weighted by atomic mass is 16.5. The molecule has 2 aromatic rings. The molecule has 30 heavy (non-hydrogen) atoms. The molecule has 2 amide bonds. The van der Waals surface area contributed by atoms with Gasteiger partial charge in [0.15, 0.2) is 0 Å². The van der Waals surface area contributed by atoms with Crippen LogP contribution in [0.1, 0.15) is 36.0 Å². The van der Waals surface area contributed by atoms with Gasteiger partial charge in [-0.1, -0.05) is 29.8 Å². The highest BCUT2D eigenvalue weighted by Crippen LogP contribution is 2.20. The van der Waals surface area contributed by atoms with Gasteiger partial charge in [0.1, 0.15) is 5.75 Å². The number of hydrogen-bond donors (Lipinski definition) is 2. The largest absolute Gasteiger partial charge is 0.493 e. The molecule has 2 aromatic carbocycles. The van der Waals surface area contributed by atoms with E-state index < -0.39 is 0 Å². The quantitative estimate of drug-likeness (QED) is 0.700. The van der Waals surface area contributed by atoms with E-state index in [1.54, 1.807) is 0 Å². The Balaban J connectivity index is 1.43. The minimum Gasteiger partial charge on any atom is -0.493 e. The van der Waals surface area contributed by atoms with Crippen LogP contribution in [0.15, 0.2) is 42.5 Å². The molecule has 0 radical (unpaired) electrons. The molecule has 1 unspecified atom stereocenters. The van der Waals surface area contributed by atoms with Crippen LogP contribution in [0.25, 0.3) is 0 Å². The van der Waals surface area contributed by atoms with E-state index in [2.05, 4.69) is 16.3 Å². The minimum absolute atomic E-state index is 0.0526. The number of carbonyl (C=O) groups is 2. The van der Waals surface area contributed by atoms with Crippen molar-refractivity contribution in [1.29, 1.82) is 0 Å². The Morgan fingerprint density at radius 1 is 1.17 bits per heavy atom. The maximum absolute atomic E-state index is 12.2. The van der Waals surface area contributed by atoms with Gasteiger partial charge in [-0.05, 0) is 62.6 Å². The number of amides is 2. The standard InChI is InChI=1S/C24H31N3O3/c1-17-5-10-22(18(2)14-17)30-13-11-23(28)26-21-8-6-19(7-9-21)15-27-12-3-4-20(16-27)24(25)29/h5-10,14,20H,3-4,11-13,15-16H2,1-2H3,(H2,25,29)(H,26,28). The number of primary amides is 1. The van der Waals surface area contributed by atoms with Crippen molar-refractivity contribution < 1.29 is 14.3 Å². The normalized spacial score (nSPS) is 16.8. The predicted molar refractivity (Wildman–Crippen MR) is 118 cm³/mol. The SMILES string of the molecule is Cc1ccc(OCCC(=O)Nc2ccc(CN3CCCC(C(N)=O)C3)cc2)c(C)c1. The molecule has 0 aliphatic carbocycles. The zero-order valence-corrected chi connectivity index (χ0v) is 17.8. The van der Waals surface area contributed by atoms with Crippen LogP contribution in [0, 0.1) is 19.8 Å². The number of benzene rings is 2. The third kappa shape index (κ3) is 6.32. The van der Waals surface area contributed by atoms with E-state index in [-0.39, 0.29) is 24.2 Å². The van der Waals surface area contributed by atoms with Gasteiger partial charge in [0.05, 0.1) is 18.9 Å². The van der Waals surface area contributed by atoms with Crippen LogP contribution < -0.4 is 15.8 Å². The van der Waals surface area contributed by atoms with Crippen molar-refractivity contribution in [2.45, 2.75) is 39.7 Å². The molecule has 6 nitrogen and oxygen atoms in total. The Kier molecular flexibility index (Phi) is 7.46. The Labute approximate surface area is 178 Å². The Morgan fingerprint density at radius 2 is 1.93 bits per heavy atom. The molecule has 3 N–H and O–H groups in total. The van der Waals surface area contributed by atoms with E-state index in [4.69, 9.17) is 10.5 Å². The fourth-order valence-corrected chi connectivity index (χ4v) is 3.82. The predicted octanol–water partition coefficient (Wildman–Crippen LogP) is 3.41. The van der Waals surface area contributed by atoms with Crippen molar-refractivity contribution in [1.82, 2.24) is 4.90 Å². The highest BCUT2D eigenvalue weighted by molar-refractivity contribution is 5.90. The van der Waals surface area contributed by atoms with Gasteiger partial charge in [0.25, 0.3) is 0 Å². The summed E-state index contributed by atoms with van der Waals surface area (Å²) in [6, 6.07) is 13.8. The summed E-state index contributed by atoms with van der Waals surface area (Å²) < 4.78 is 5.73. The first kappa shape index (κ1) is 21.8. The second-order valence-electron chi connectivity index (χ2n) is 8.09. The van der Waals surface area contributed by atoms with E-state index >= 15 is 0 Å². The van der Waals surface area contributed by atoms with Gasteiger partial charge in [-0.25, -0.2) is 0 Å². The number of nitrogens with two attached hydrogens (primary N) is 1. The molecular weight excluding hydrogens is 378 g/mol. The number of aryl methyl sites for hydroxylation is 2. The van der Waals surface area contributed by atoms with Crippen molar-refractivity contribution in [2.75, 3.05) is 25.0 Å². The summed E-state index contributed by atoms with van der Waals surface area (Å²) >= 11 is 0. The second-order valence-corrected chi connectivity index (χ2v) is 8.09. The minimum atomic E-state index is -0.209. The molecule has 1 saturated heterocycles. The number of piperidine rings is 1. The van der Waals surface area contributed by atoms with Gasteiger partial charge in [0, 0.05) is 18.8 Å². The Hall–Kier alpha value is -2.86. The molecule has 0 aromatic heterocycles. The van der Waals surface area contributed by atoms with Crippen molar-refractivity contribution in [3.05, 3.63) is 59.2 Å². The lowest BCUT2D eigenvalue weighted by Gasteiger charge is -2.31. The van der Waals surface area contributed by atoms with Crippen LogP contribution >= 0.6 is 0 Å². The molecule has 0 saturated carbocycles. The van der Waals surface area contributed by atoms with Gasteiger partial charge < -0.3 is 15.8 Å². The fraction of sp³-hybridized carbons (Fsp3) is 0.417. The lowest BCUT2D eigenvalue weighted by Crippen LogP contribution is -2.40. The zero-order chi connectivity index (χ0) is 21.5. The summed E-state index contributed by atoms with van der Waals surface area (Å²) in [5, 5.41) is 2.91. The number of hydrogen-bond acceptors (Lipinski definition) is 4. The van der Waals surface area contributed by atoms with Gasteiger partial charge in [-0.15, -0.1) is 0 Å². The average Bonchev–Trinajstić information content (AvgIpc) is 2.71. The summed E-state index contributed by atoms with van der Waals surface area (Å²) in [5.74, 6) is 0.476. The summed E-state index contributed by atoms with van der Waals surface area (Å²) in [7, 11) is 0. The van der Waals surface area contributed by atoms with E-state index in [9.17, 15) is 9.59 Å². The first-order valence-electron chi connectivity index (χ1n) is 10.5. The third-order valence-electron chi connectivity index (χ3n) is 5.47. The van der Waals surface area contributed by atoms with E-state index in [0.717, 1.165) is 48.5 Å². The van der Waals surface area contributed by atoms with Crippen LogP contribution in [0.3, 0.4) is 0 Å². The molecule has 1 aliphatic rings. The third-order valence-corrected chi connectivity index (χ3v) is 5.47. The number of carbonyl (C=O) groups excluding carboxylic acids is 2. The van der Waals surface area contributed by atoms with Gasteiger partial charge in [-0.3, -0.25) is 14.5 Å². The number of rotatable bonds is 8. The fourth-order valence-electron chi connectivity index (χ4n) is 3.82. The van der Waals surface area contributed by atoms with Crippen molar-refractivity contribution in [3.8, 4) is 5.75 Å². The van der Waals surface area contributed by atoms with Crippen LogP contribution in [-0.4, -0.2) is 36.4 Å². The lowest BCUT2D eigenvalue weighted by molar-refractivity contribution is -0.123. The average molecular weight is 410 g/mol. The van der Waals surface area contributed by atoms with Crippen LogP contribution in [-0.2, 0) is 16.1 Å². The topological polar surface area (TPSA) is 84.7 Å². The summed E-state index contributed by atoms with van der Waals surface area (Å²) in [6.45, 7) is 6.85. The molecule has 1 atom stereocenters. The first-order chi connectivity index (χ1) is 14.4. The molecule has 3 rings (SSSR count). The van der Waals surface area contributed by atoms with E-state index in [0.29, 0.717) is 13.2 Å². The van der Waals surface area contributed by atoms with Crippen molar-refractivity contribution >= 4 is 17.5 Å². The highest BCUT2D eigenvalue weighted by Gasteiger charge is 2.23. The number of nitrogens with one attached hydrogen (secondary N) is 1. The Morgan fingerprint density at radius 3 is 2.63 bits per heavy atom. The molecule has 1 heterocycles. The Bertz CT molecular complexity index is 880. The van der Waals surface area contributed by atoms with Gasteiger partial charge in [0.2, 0.25) is 11.8 Å². The van der Waals surface area contributed by atoms with Crippen molar-refractivity contribution in [3.63, 3.8) is 0 Å². The van der Waals surface area contributed by atoms with Crippen molar-refractivity contribution in [2.24, 2.45) is 11.7 Å². The first-order valence-corrected chi connectivity index (χ1v) is 10.5. The van der Waals surface area contributed by atoms with E-state index in [1.165, 1.54) is 5.56 Å².